The summed E-state index contributed by atoms with van der Waals surface area (Å²) >= 11 is 0. The molecule has 4 heterocycles. The lowest BCUT2D eigenvalue weighted by atomic mass is 9.87. The first-order chi connectivity index (χ1) is 12.7. The second-order valence-electron chi connectivity index (χ2n) is 7.47. The van der Waals surface area contributed by atoms with Crippen molar-refractivity contribution in [3.05, 3.63) is 30.7 Å². The smallest absolute Gasteiger partial charge is 0.331 e. The molecule has 2 aromatic rings. The molecular formula is C19H26N4O3. The molecule has 0 saturated carbocycles. The van der Waals surface area contributed by atoms with Gasteiger partial charge in [-0.2, -0.15) is 5.10 Å². The van der Waals surface area contributed by atoms with Crippen LogP contribution < -0.4 is 5.32 Å². The summed E-state index contributed by atoms with van der Waals surface area (Å²) in [6.07, 6.45) is 7.01. The largest absolute Gasteiger partial charge is 0.479 e. The molecule has 7 nitrogen and oxygen atoms in total. The molecular weight excluding hydrogens is 332 g/mol. The van der Waals surface area contributed by atoms with Crippen LogP contribution >= 0.6 is 0 Å². The summed E-state index contributed by atoms with van der Waals surface area (Å²) < 4.78 is 7.01. The van der Waals surface area contributed by atoms with Gasteiger partial charge in [-0.3, -0.25) is 4.68 Å². The average Bonchev–Trinajstić information content (AvgIpc) is 3.35. The lowest BCUT2D eigenvalue weighted by molar-refractivity contribution is -0.151. The van der Waals surface area contributed by atoms with Crippen molar-refractivity contribution in [1.82, 2.24) is 20.0 Å². The average molecular weight is 358 g/mol. The van der Waals surface area contributed by atoms with Gasteiger partial charge < -0.3 is 19.7 Å². The van der Waals surface area contributed by atoms with Crippen LogP contribution in [0.3, 0.4) is 0 Å². The molecule has 4 rings (SSSR count). The molecule has 0 spiro atoms. The highest BCUT2D eigenvalue weighted by Crippen LogP contribution is 2.32. The molecule has 0 aromatic carbocycles. The number of likely N-dealkylation sites (tertiary alicyclic amines) is 1. The van der Waals surface area contributed by atoms with Crippen molar-refractivity contribution in [2.75, 3.05) is 32.7 Å². The fourth-order valence-corrected chi connectivity index (χ4v) is 4.21. The zero-order valence-corrected chi connectivity index (χ0v) is 14.9. The number of nitrogens with zero attached hydrogens (tertiary/aromatic N) is 3. The molecule has 7 heteroatoms. The Morgan fingerprint density at radius 3 is 2.88 bits per heavy atom. The Hall–Kier alpha value is -2.12. The number of nitrogens with one attached hydrogen (secondary N) is 1. The fourth-order valence-electron chi connectivity index (χ4n) is 4.21. The summed E-state index contributed by atoms with van der Waals surface area (Å²) in [5.74, 6) is 0.536. The van der Waals surface area contributed by atoms with Gasteiger partial charge in [-0.25, -0.2) is 4.79 Å². The van der Waals surface area contributed by atoms with Gasteiger partial charge in [0.15, 0.2) is 11.3 Å². The number of carboxylic acids is 1. The van der Waals surface area contributed by atoms with Crippen molar-refractivity contribution < 1.29 is 14.3 Å². The normalized spacial score (nSPS) is 23.8. The highest BCUT2D eigenvalue weighted by Gasteiger charge is 2.44. The summed E-state index contributed by atoms with van der Waals surface area (Å²) in [5.41, 5.74) is -0.294. The van der Waals surface area contributed by atoms with E-state index in [-0.39, 0.29) is 0 Å². The summed E-state index contributed by atoms with van der Waals surface area (Å²) in [6, 6.07) is 5.46. The monoisotopic (exact) mass is 358 g/mol. The number of furan rings is 1. The fraction of sp³-hybridized carbons (Fsp3) is 0.579. The Balaban J connectivity index is 1.46. The van der Waals surface area contributed by atoms with E-state index in [1.165, 1.54) is 12.8 Å². The quantitative estimate of drug-likeness (QED) is 0.851. The molecule has 2 fully saturated rings. The van der Waals surface area contributed by atoms with E-state index in [1.54, 1.807) is 23.2 Å². The SMILES string of the molecule is O=C(O)C1(n2ccc(-c3ccco3)n2)CCN(CC2CCCNC2)CC1. The van der Waals surface area contributed by atoms with Crippen LogP contribution in [0.2, 0.25) is 0 Å². The lowest BCUT2D eigenvalue weighted by Crippen LogP contribution is -2.52. The number of hydrogen-bond donors (Lipinski definition) is 2. The van der Waals surface area contributed by atoms with Gasteiger partial charge in [0.2, 0.25) is 0 Å². The summed E-state index contributed by atoms with van der Waals surface area (Å²) in [7, 11) is 0. The Labute approximate surface area is 153 Å². The van der Waals surface area contributed by atoms with E-state index in [9.17, 15) is 9.90 Å². The van der Waals surface area contributed by atoms with Crippen LogP contribution in [-0.2, 0) is 10.3 Å². The number of aromatic nitrogens is 2. The molecule has 0 aliphatic carbocycles. The number of carbonyl (C=O) groups is 1. The zero-order valence-electron chi connectivity index (χ0n) is 14.9. The lowest BCUT2D eigenvalue weighted by Gasteiger charge is -2.40. The van der Waals surface area contributed by atoms with Crippen molar-refractivity contribution in [1.29, 1.82) is 0 Å². The molecule has 2 aromatic heterocycles. The standard InChI is InChI=1S/C19H26N4O3/c24-18(25)19(23-9-5-16(21-23)17-4-2-12-26-17)6-10-22(11-7-19)14-15-3-1-8-20-13-15/h2,4-5,9,12,15,20H,1,3,6-8,10-11,13-14H2,(H,24,25). The first-order valence-corrected chi connectivity index (χ1v) is 9.44. The second-order valence-corrected chi connectivity index (χ2v) is 7.47. The van der Waals surface area contributed by atoms with Crippen molar-refractivity contribution >= 4 is 5.97 Å². The maximum atomic E-state index is 12.2. The number of hydrogen-bond acceptors (Lipinski definition) is 5. The van der Waals surface area contributed by atoms with Crippen molar-refractivity contribution in [2.45, 2.75) is 31.2 Å². The molecule has 2 aliphatic heterocycles. The van der Waals surface area contributed by atoms with Crippen LogP contribution in [0, 0.1) is 5.92 Å². The molecule has 2 aliphatic rings. The first kappa shape index (κ1) is 17.3. The Bertz CT molecular complexity index is 726. The van der Waals surface area contributed by atoms with Gasteiger partial charge in [0.1, 0.15) is 5.69 Å². The molecule has 2 saturated heterocycles. The van der Waals surface area contributed by atoms with E-state index in [0.29, 0.717) is 30.2 Å². The Morgan fingerprint density at radius 1 is 1.38 bits per heavy atom. The summed E-state index contributed by atoms with van der Waals surface area (Å²) in [5, 5.41) is 18.0. The van der Waals surface area contributed by atoms with E-state index in [2.05, 4.69) is 15.3 Å². The topological polar surface area (TPSA) is 83.5 Å². The van der Waals surface area contributed by atoms with E-state index >= 15 is 0 Å². The van der Waals surface area contributed by atoms with Gasteiger partial charge in [0.25, 0.3) is 0 Å². The second kappa shape index (κ2) is 7.25. The third kappa shape index (κ3) is 3.29. The zero-order chi connectivity index (χ0) is 18.0. The van der Waals surface area contributed by atoms with Gasteiger partial charge in [-0.15, -0.1) is 0 Å². The number of rotatable bonds is 5. The minimum atomic E-state index is -0.966. The number of aliphatic carboxylic acids is 1. The third-order valence-corrected chi connectivity index (χ3v) is 5.80. The minimum absolute atomic E-state index is 0.571. The minimum Gasteiger partial charge on any atom is -0.479 e. The van der Waals surface area contributed by atoms with Crippen LogP contribution in [0.25, 0.3) is 11.5 Å². The number of piperidine rings is 2. The Morgan fingerprint density at radius 2 is 2.23 bits per heavy atom. The predicted octanol–water partition coefficient (Wildman–Crippen LogP) is 2.02. The van der Waals surface area contributed by atoms with Crippen molar-refractivity contribution in [3.63, 3.8) is 0 Å². The van der Waals surface area contributed by atoms with Crippen LogP contribution in [0.15, 0.2) is 35.1 Å². The van der Waals surface area contributed by atoms with Gasteiger partial charge in [0.05, 0.1) is 6.26 Å². The van der Waals surface area contributed by atoms with E-state index in [1.807, 2.05) is 12.1 Å². The summed E-state index contributed by atoms with van der Waals surface area (Å²) in [6.45, 7) is 4.83. The van der Waals surface area contributed by atoms with Crippen LogP contribution in [0.1, 0.15) is 25.7 Å². The van der Waals surface area contributed by atoms with Crippen LogP contribution in [0.4, 0.5) is 0 Å². The Kier molecular flexibility index (Phi) is 4.82. The number of carboxylic acid groups (broad SMARTS) is 1. The molecule has 0 amide bonds. The molecule has 1 unspecified atom stereocenters. The van der Waals surface area contributed by atoms with Crippen LogP contribution in [0.5, 0.6) is 0 Å². The van der Waals surface area contributed by atoms with E-state index in [0.717, 1.165) is 32.7 Å². The molecule has 2 N–H and O–H groups in total. The van der Waals surface area contributed by atoms with Gasteiger partial charge in [-0.05, 0) is 62.9 Å². The van der Waals surface area contributed by atoms with Crippen molar-refractivity contribution in [3.8, 4) is 11.5 Å². The molecule has 1 atom stereocenters. The van der Waals surface area contributed by atoms with Gasteiger partial charge in [-0.1, -0.05) is 0 Å². The van der Waals surface area contributed by atoms with Gasteiger partial charge in [0, 0.05) is 25.8 Å². The van der Waals surface area contributed by atoms with Crippen molar-refractivity contribution in [2.24, 2.45) is 5.92 Å². The molecule has 0 bridgehead atoms. The molecule has 26 heavy (non-hydrogen) atoms. The maximum absolute atomic E-state index is 12.2. The van der Waals surface area contributed by atoms with Gasteiger partial charge >= 0.3 is 5.97 Å². The maximum Gasteiger partial charge on any atom is 0.331 e. The summed E-state index contributed by atoms with van der Waals surface area (Å²) in [4.78, 5) is 14.6. The highest BCUT2D eigenvalue weighted by atomic mass is 16.4. The molecule has 140 valence electrons. The van der Waals surface area contributed by atoms with Crippen LogP contribution in [-0.4, -0.2) is 58.5 Å². The highest BCUT2D eigenvalue weighted by molar-refractivity contribution is 5.77. The predicted molar refractivity (Wildman–Crippen MR) is 96.8 cm³/mol. The first-order valence-electron chi connectivity index (χ1n) is 9.44. The third-order valence-electron chi connectivity index (χ3n) is 5.80. The van der Waals surface area contributed by atoms with E-state index in [4.69, 9.17) is 4.42 Å². The molecule has 0 radical (unpaired) electrons. The van der Waals surface area contributed by atoms with E-state index < -0.39 is 11.5 Å².